The molecule has 5 heteroatoms. The molecule has 1 aliphatic rings. The first-order valence-corrected chi connectivity index (χ1v) is 8.17. The van der Waals surface area contributed by atoms with Crippen molar-refractivity contribution < 1.29 is 9.18 Å². The molecule has 3 aromatic rings. The minimum Gasteiger partial charge on any atom is -0.349 e. The largest absolute Gasteiger partial charge is 0.349 e. The number of benzene rings is 2. The van der Waals surface area contributed by atoms with E-state index in [4.69, 9.17) is 0 Å². The zero-order valence-corrected chi connectivity index (χ0v) is 13.2. The van der Waals surface area contributed by atoms with Gasteiger partial charge in [0.2, 0.25) is 5.91 Å². The maximum Gasteiger partial charge on any atom is 0.223 e. The molecular formula is C19H18FN3O. The van der Waals surface area contributed by atoms with Gasteiger partial charge in [-0.1, -0.05) is 24.3 Å². The zero-order chi connectivity index (χ0) is 16.5. The quantitative estimate of drug-likeness (QED) is 0.783. The summed E-state index contributed by atoms with van der Waals surface area (Å²) in [4.78, 5) is 16.6. The van der Waals surface area contributed by atoms with Crippen molar-refractivity contribution in [2.45, 2.75) is 25.9 Å². The Balaban J connectivity index is 1.64. The molecule has 0 saturated heterocycles. The first-order valence-electron chi connectivity index (χ1n) is 8.17. The number of para-hydroxylation sites is 2. The van der Waals surface area contributed by atoms with Crippen LogP contribution in [0.1, 0.15) is 24.2 Å². The molecule has 122 valence electrons. The number of amides is 1. The summed E-state index contributed by atoms with van der Waals surface area (Å²) in [6, 6.07) is 14.4. The van der Waals surface area contributed by atoms with Crippen molar-refractivity contribution in [2.24, 2.45) is 5.92 Å². The molecule has 1 saturated carbocycles. The van der Waals surface area contributed by atoms with Gasteiger partial charge < -0.3 is 9.88 Å². The SMILES string of the molecule is O=C(NCc1nc2ccccc2n1Cc1ccc(F)cc1)C1CC1. The summed E-state index contributed by atoms with van der Waals surface area (Å²) in [5.74, 6) is 0.857. The van der Waals surface area contributed by atoms with Gasteiger partial charge in [0.25, 0.3) is 0 Å². The van der Waals surface area contributed by atoms with Gasteiger partial charge in [-0.2, -0.15) is 0 Å². The average Bonchev–Trinajstić information content (AvgIpc) is 3.39. The van der Waals surface area contributed by atoms with E-state index in [-0.39, 0.29) is 17.6 Å². The van der Waals surface area contributed by atoms with Gasteiger partial charge in [0.05, 0.1) is 17.6 Å². The van der Waals surface area contributed by atoms with Crippen LogP contribution in [0.3, 0.4) is 0 Å². The van der Waals surface area contributed by atoms with Crippen molar-refractivity contribution in [2.75, 3.05) is 0 Å². The second kappa shape index (κ2) is 6.07. The molecule has 0 aliphatic heterocycles. The number of carbonyl (C=O) groups is 1. The fourth-order valence-electron chi connectivity index (χ4n) is 2.87. The van der Waals surface area contributed by atoms with E-state index < -0.39 is 0 Å². The Morgan fingerprint density at radius 2 is 1.92 bits per heavy atom. The number of hydrogen-bond donors (Lipinski definition) is 1. The third-order valence-corrected chi connectivity index (χ3v) is 4.36. The molecule has 1 aromatic heterocycles. The van der Waals surface area contributed by atoms with Gasteiger partial charge in [-0.15, -0.1) is 0 Å². The molecule has 0 bridgehead atoms. The maximum absolute atomic E-state index is 13.1. The zero-order valence-electron chi connectivity index (χ0n) is 13.2. The first kappa shape index (κ1) is 14.9. The molecule has 2 aromatic carbocycles. The molecule has 1 fully saturated rings. The minimum absolute atomic E-state index is 0.107. The van der Waals surface area contributed by atoms with E-state index in [1.165, 1.54) is 12.1 Å². The molecule has 0 atom stereocenters. The number of fused-ring (bicyclic) bond motifs is 1. The fourth-order valence-corrected chi connectivity index (χ4v) is 2.87. The predicted octanol–water partition coefficient (Wildman–Crippen LogP) is 3.25. The topological polar surface area (TPSA) is 46.9 Å². The molecule has 1 amide bonds. The molecule has 0 unspecified atom stereocenters. The Hall–Kier alpha value is -2.69. The molecule has 0 spiro atoms. The maximum atomic E-state index is 13.1. The number of nitrogens with one attached hydrogen (secondary N) is 1. The smallest absolute Gasteiger partial charge is 0.223 e. The van der Waals surface area contributed by atoms with Gasteiger partial charge in [-0.3, -0.25) is 4.79 Å². The van der Waals surface area contributed by atoms with Crippen LogP contribution < -0.4 is 5.32 Å². The number of hydrogen-bond acceptors (Lipinski definition) is 2. The van der Waals surface area contributed by atoms with Crippen LogP contribution in [0.4, 0.5) is 4.39 Å². The molecule has 1 heterocycles. The van der Waals surface area contributed by atoms with Crippen LogP contribution in [0, 0.1) is 11.7 Å². The van der Waals surface area contributed by atoms with Gasteiger partial charge in [0, 0.05) is 12.5 Å². The number of carbonyl (C=O) groups excluding carboxylic acids is 1. The third kappa shape index (κ3) is 3.02. The third-order valence-electron chi connectivity index (χ3n) is 4.36. The summed E-state index contributed by atoms with van der Waals surface area (Å²) in [5, 5.41) is 2.97. The lowest BCUT2D eigenvalue weighted by Crippen LogP contribution is -2.26. The Kier molecular flexibility index (Phi) is 3.76. The van der Waals surface area contributed by atoms with Gasteiger partial charge in [-0.25, -0.2) is 9.37 Å². The molecule has 4 nitrogen and oxygen atoms in total. The summed E-state index contributed by atoms with van der Waals surface area (Å²) >= 11 is 0. The highest BCUT2D eigenvalue weighted by molar-refractivity contribution is 5.81. The number of nitrogens with zero attached hydrogens (tertiary/aromatic N) is 2. The lowest BCUT2D eigenvalue weighted by Gasteiger charge is -2.10. The van der Waals surface area contributed by atoms with Gasteiger partial charge >= 0.3 is 0 Å². The summed E-state index contributed by atoms with van der Waals surface area (Å²) in [5.41, 5.74) is 2.90. The van der Waals surface area contributed by atoms with E-state index in [1.54, 1.807) is 12.1 Å². The van der Waals surface area contributed by atoms with E-state index in [2.05, 4.69) is 14.9 Å². The normalized spacial score (nSPS) is 14.0. The van der Waals surface area contributed by atoms with Crippen molar-refractivity contribution in [1.82, 2.24) is 14.9 Å². The van der Waals surface area contributed by atoms with Crippen LogP contribution in [0.5, 0.6) is 0 Å². The van der Waals surface area contributed by atoms with E-state index in [0.29, 0.717) is 13.1 Å². The van der Waals surface area contributed by atoms with Crippen LogP contribution in [-0.4, -0.2) is 15.5 Å². The van der Waals surface area contributed by atoms with Gasteiger partial charge in [0.15, 0.2) is 0 Å². The van der Waals surface area contributed by atoms with Crippen molar-refractivity contribution in [3.05, 3.63) is 65.7 Å². The van der Waals surface area contributed by atoms with E-state index in [9.17, 15) is 9.18 Å². The average molecular weight is 323 g/mol. The van der Waals surface area contributed by atoms with Crippen LogP contribution >= 0.6 is 0 Å². The lowest BCUT2D eigenvalue weighted by atomic mass is 10.2. The monoisotopic (exact) mass is 323 g/mol. The molecular weight excluding hydrogens is 305 g/mol. The summed E-state index contributed by atoms with van der Waals surface area (Å²) in [6.07, 6.45) is 1.97. The van der Waals surface area contributed by atoms with E-state index in [1.807, 2.05) is 24.3 Å². The van der Waals surface area contributed by atoms with E-state index in [0.717, 1.165) is 35.3 Å². The van der Waals surface area contributed by atoms with Crippen LogP contribution in [-0.2, 0) is 17.9 Å². The predicted molar refractivity (Wildman–Crippen MR) is 89.8 cm³/mol. The van der Waals surface area contributed by atoms with Gasteiger partial charge in [0.1, 0.15) is 11.6 Å². The Bertz CT molecular complexity index is 881. The number of halogens is 1. The molecule has 4 rings (SSSR count). The molecule has 24 heavy (non-hydrogen) atoms. The molecule has 1 aliphatic carbocycles. The Morgan fingerprint density at radius 3 is 2.67 bits per heavy atom. The lowest BCUT2D eigenvalue weighted by molar-refractivity contribution is -0.122. The van der Waals surface area contributed by atoms with Crippen molar-refractivity contribution >= 4 is 16.9 Å². The van der Waals surface area contributed by atoms with Crippen LogP contribution in [0.15, 0.2) is 48.5 Å². The van der Waals surface area contributed by atoms with Crippen molar-refractivity contribution in [3.8, 4) is 0 Å². The van der Waals surface area contributed by atoms with Crippen molar-refractivity contribution in [3.63, 3.8) is 0 Å². The summed E-state index contributed by atoms with van der Waals surface area (Å²) in [6.45, 7) is 1.00. The summed E-state index contributed by atoms with van der Waals surface area (Å²) < 4.78 is 15.2. The second-order valence-electron chi connectivity index (χ2n) is 6.22. The van der Waals surface area contributed by atoms with Crippen LogP contribution in [0.25, 0.3) is 11.0 Å². The highest BCUT2D eigenvalue weighted by Gasteiger charge is 2.29. The summed E-state index contributed by atoms with van der Waals surface area (Å²) in [7, 11) is 0. The van der Waals surface area contributed by atoms with Gasteiger partial charge in [-0.05, 0) is 42.7 Å². The standard InChI is InChI=1S/C19H18FN3O/c20-15-9-5-13(6-10-15)12-23-17-4-2-1-3-16(17)22-18(23)11-21-19(24)14-7-8-14/h1-6,9-10,14H,7-8,11-12H2,(H,21,24). The minimum atomic E-state index is -0.244. The Labute approximate surface area is 139 Å². The highest BCUT2D eigenvalue weighted by Crippen LogP contribution is 2.29. The molecule has 0 radical (unpaired) electrons. The second-order valence-corrected chi connectivity index (χ2v) is 6.22. The number of rotatable bonds is 5. The number of imidazole rings is 1. The highest BCUT2D eigenvalue weighted by atomic mass is 19.1. The number of aromatic nitrogens is 2. The molecule has 1 N–H and O–H groups in total. The van der Waals surface area contributed by atoms with E-state index >= 15 is 0 Å². The van der Waals surface area contributed by atoms with Crippen molar-refractivity contribution in [1.29, 1.82) is 0 Å². The Morgan fingerprint density at radius 1 is 1.17 bits per heavy atom. The first-order chi connectivity index (χ1) is 11.7. The fraction of sp³-hybridized carbons (Fsp3) is 0.263. The van der Waals surface area contributed by atoms with Crippen LogP contribution in [0.2, 0.25) is 0 Å².